The summed E-state index contributed by atoms with van der Waals surface area (Å²) in [4.78, 5) is 0. The Morgan fingerprint density at radius 1 is 0.667 bits per heavy atom. The van der Waals surface area contributed by atoms with Crippen molar-refractivity contribution < 1.29 is 0 Å². The van der Waals surface area contributed by atoms with Crippen molar-refractivity contribution in [1.82, 2.24) is 0 Å². The van der Waals surface area contributed by atoms with Crippen LogP contribution in [0.3, 0.4) is 0 Å². The maximum Gasteiger partial charge on any atom is -0.0348 e. The summed E-state index contributed by atoms with van der Waals surface area (Å²) >= 11 is 0. The molecule has 0 aliphatic carbocycles. The Labute approximate surface area is 113 Å². The number of allylic oxidation sites excluding steroid dienone is 9. The first-order valence-electron chi connectivity index (χ1n) is 7.19. The zero-order chi connectivity index (χ0) is 13.3. The predicted molar refractivity (Wildman–Crippen MR) is 84.8 cm³/mol. The average molecular weight is 244 g/mol. The average Bonchev–Trinajstić information content (AvgIpc) is 2.39. The molecule has 0 N–H and O–H groups in total. The predicted octanol–water partition coefficient (Wildman–Crippen LogP) is 6.15. The van der Waals surface area contributed by atoms with Gasteiger partial charge in [-0.15, -0.1) is 0 Å². The van der Waals surface area contributed by atoms with Crippen molar-refractivity contribution in [2.45, 2.75) is 51.9 Å². The summed E-state index contributed by atoms with van der Waals surface area (Å²) in [6, 6.07) is 0. The van der Waals surface area contributed by atoms with E-state index in [0.29, 0.717) is 0 Å². The van der Waals surface area contributed by atoms with Gasteiger partial charge in [-0.2, -0.15) is 0 Å². The van der Waals surface area contributed by atoms with Crippen LogP contribution in [0.15, 0.2) is 61.3 Å². The smallest absolute Gasteiger partial charge is 0.0348 e. The summed E-state index contributed by atoms with van der Waals surface area (Å²) in [5, 5.41) is 0. The second-order valence-electron chi connectivity index (χ2n) is 4.37. The Morgan fingerprint density at radius 2 is 1.22 bits per heavy atom. The van der Waals surface area contributed by atoms with Gasteiger partial charge < -0.3 is 0 Å². The summed E-state index contributed by atoms with van der Waals surface area (Å²) in [5.74, 6) is 0. The maximum absolute atomic E-state index is 3.61. The maximum atomic E-state index is 3.61. The molecule has 0 atom stereocenters. The normalized spacial score (nSPS) is 12.5. The van der Waals surface area contributed by atoms with E-state index in [-0.39, 0.29) is 0 Å². The zero-order valence-corrected chi connectivity index (χ0v) is 11.9. The standard InChI is InChI=1S/C18H28/c1-3-5-7-9-11-13-15-17-18-16-14-12-10-8-6-4-2/h3,5,7,9,11,13,15,17-18H,1,4,6,8,10,12,14,16H2,2H3/b7-5-,11-9-,15-13+,18-17-. The molecule has 0 aliphatic heterocycles. The zero-order valence-electron chi connectivity index (χ0n) is 11.9. The summed E-state index contributed by atoms with van der Waals surface area (Å²) < 4.78 is 0. The fourth-order valence-corrected chi connectivity index (χ4v) is 1.62. The molecule has 0 aromatic heterocycles. The minimum Gasteiger partial charge on any atom is -0.0991 e. The Kier molecular flexibility index (Phi) is 14.6. The SMILES string of the molecule is C=C\C=C/C=C\C=C\C=C/CCCCCCCC. The minimum atomic E-state index is 1.20. The Bertz CT molecular complexity index is 276. The van der Waals surface area contributed by atoms with E-state index in [9.17, 15) is 0 Å². The molecule has 0 spiro atoms. The molecule has 0 heteroatoms. The van der Waals surface area contributed by atoms with Crippen molar-refractivity contribution in [3.63, 3.8) is 0 Å². The van der Waals surface area contributed by atoms with Crippen LogP contribution in [0.25, 0.3) is 0 Å². The van der Waals surface area contributed by atoms with Crippen LogP contribution in [0.1, 0.15) is 51.9 Å². The van der Waals surface area contributed by atoms with Gasteiger partial charge in [-0.1, -0.05) is 100 Å². The highest BCUT2D eigenvalue weighted by molar-refractivity contribution is 5.17. The molecule has 0 fully saturated rings. The fourth-order valence-electron chi connectivity index (χ4n) is 1.62. The summed E-state index contributed by atoms with van der Waals surface area (Å²) in [7, 11) is 0. The molecule has 0 heterocycles. The molecule has 0 saturated carbocycles. The third kappa shape index (κ3) is 14.7. The Morgan fingerprint density at radius 3 is 1.89 bits per heavy atom. The van der Waals surface area contributed by atoms with Gasteiger partial charge >= 0.3 is 0 Å². The molecule has 0 bridgehead atoms. The summed E-state index contributed by atoms with van der Waals surface area (Å²) in [5.41, 5.74) is 0. The van der Waals surface area contributed by atoms with E-state index in [1.807, 2.05) is 30.4 Å². The molecule has 0 aromatic carbocycles. The van der Waals surface area contributed by atoms with E-state index >= 15 is 0 Å². The highest BCUT2D eigenvalue weighted by Gasteiger charge is 1.87. The molecule has 18 heavy (non-hydrogen) atoms. The minimum absolute atomic E-state index is 1.20. The lowest BCUT2D eigenvalue weighted by atomic mass is 10.1. The van der Waals surface area contributed by atoms with Gasteiger partial charge in [0.2, 0.25) is 0 Å². The first-order valence-corrected chi connectivity index (χ1v) is 7.19. The van der Waals surface area contributed by atoms with Crippen LogP contribution in [0.5, 0.6) is 0 Å². The quantitative estimate of drug-likeness (QED) is 0.302. The van der Waals surface area contributed by atoms with Gasteiger partial charge in [0.25, 0.3) is 0 Å². The van der Waals surface area contributed by atoms with Crippen LogP contribution < -0.4 is 0 Å². The lowest BCUT2D eigenvalue weighted by Crippen LogP contribution is -1.77. The van der Waals surface area contributed by atoms with Crippen molar-refractivity contribution in [2.75, 3.05) is 0 Å². The van der Waals surface area contributed by atoms with E-state index < -0.39 is 0 Å². The highest BCUT2D eigenvalue weighted by atomic mass is 13.9. The van der Waals surface area contributed by atoms with E-state index in [1.54, 1.807) is 6.08 Å². The molecule has 100 valence electrons. The van der Waals surface area contributed by atoms with Crippen LogP contribution in [-0.2, 0) is 0 Å². The molecule has 0 rings (SSSR count). The molecule has 0 aliphatic rings. The molecular weight excluding hydrogens is 216 g/mol. The van der Waals surface area contributed by atoms with Gasteiger partial charge in [0.05, 0.1) is 0 Å². The third-order valence-corrected chi connectivity index (χ3v) is 2.66. The van der Waals surface area contributed by atoms with Gasteiger partial charge in [-0.3, -0.25) is 0 Å². The Hall–Kier alpha value is -1.30. The second-order valence-corrected chi connectivity index (χ2v) is 4.37. The molecule has 0 nitrogen and oxygen atoms in total. The molecule has 0 aromatic rings. The van der Waals surface area contributed by atoms with Gasteiger partial charge in [-0.05, 0) is 12.8 Å². The molecule has 0 radical (unpaired) electrons. The molecular formula is C18H28. The van der Waals surface area contributed by atoms with Gasteiger partial charge in [0, 0.05) is 0 Å². The summed E-state index contributed by atoms with van der Waals surface area (Å²) in [6.07, 6.45) is 27.6. The first-order chi connectivity index (χ1) is 8.91. The van der Waals surface area contributed by atoms with Gasteiger partial charge in [0.15, 0.2) is 0 Å². The molecule has 0 amide bonds. The van der Waals surface area contributed by atoms with Crippen molar-refractivity contribution in [2.24, 2.45) is 0 Å². The van der Waals surface area contributed by atoms with Crippen molar-refractivity contribution in [1.29, 1.82) is 0 Å². The highest BCUT2D eigenvalue weighted by Crippen LogP contribution is 2.07. The number of rotatable bonds is 11. The van der Waals surface area contributed by atoms with Gasteiger partial charge in [0.1, 0.15) is 0 Å². The van der Waals surface area contributed by atoms with E-state index in [4.69, 9.17) is 0 Å². The molecule has 0 unspecified atom stereocenters. The van der Waals surface area contributed by atoms with Crippen molar-refractivity contribution in [3.05, 3.63) is 61.3 Å². The van der Waals surface area contributed by atoms with E-state index in [1.165, 1.54) is 44.9 Å². The molecule has 0 saturated heterocycles. The number of unbranched alkanes of at least 4 members (excludes halogenated alkanes) is 6. The lowest BCUT2D eigenvalue weighted by Gasteiger charge is -1.97. The monoisotopic (exact) mass is 244 g/mol. The van der Waals surface area contributed by atoms with Gasteiger partial charge in [-0.25, -0.2) is 0 Å². The van der Waals surface area contributed by atoms with Crippen molar-refractivity contribution in [3.8, 4) is 0 Å². The van der Waals surface area contributed by atoms with Crippen LogP contribution >= 0.6 is 0 Å². The third-order valence-electron chi connectivity index (χ3n) is 2.66. The lowest BCUT2D eigenvalue weighted by molar-refractivity contribution is 0.611. The van der Waals surface area contributed by atoms with Crippen LogP contribution in [0, 0.1) is 0 Å². The second kappa shape index (κ2) is 15.7. The first kappa shape index (κ1) is 16.7. The fraction of sp³-hybridized carbons (Fsp3) is 0.444. The van der Waals surface area contributed by atoms with E-state index in [2.05, 4.69) is 31.7 Å². The largest absolute Gasteiger partial charge is 0.0991 e. The number of hydrogen-bond donors (Lipinski definition) is 0. The summed E-state index contributed by atoms with van der Waals surface area (Å²) in [6.45, 7) is 5.87. The van der Waals surface area contributed by atoms with E-state index in [0.717, 1.165) is 0 Å². The van der Waals surface area contributed by atoms with Crippen molar-refractivity contribution >= 4 is 0 Å². The van der Waals surface area contributed by atoms with Crippen LogP contribution in [0.4, 0.5) is 0 Å². The Balaban J connectivity index is 3.37. The topological polar surface area (TPSA) is 0 Å². The number of hydrogen-bond acceptors (Lipinski definition) is 0. The van der Waals surface area contributed by atoms with Crippen LogP contribution in [0.2, 0.25) is 0 Å². The van der Waals surface area contributed by atoms with Crippen LogP contribution in [-0.4, -0.2) is 0 Å².